The van der Waals surface area contributed by atoms with Gasteiger partial charge in [0, 0.05) is 11.8 Å². The highest BCUT2D eigenvalue weighted by Crippen LogP contribution is 2.52. The van der Waals surface area contributed by atoms with Gasteiger partial charge in [0.05, 0.1) is 18.3 Å². The highest BCUT2D eigenvalue weighted by Gasteiger charge is 2.55. The number of ether oxygens (including phenoxy) is 2. The van der Waals surface area contributed by atoms with Gasteiger partial charge in [-0.15, -0.1) is 0 Å². The van der Waals surface area contributed by atoms with Crippen molar-refractivity contribution >= 4 is 0 Å². The van der Waals surface area contributed by atoms with Crippen molar-refractivity contribution in [1.82, 2.24) is 0 Å². The highest BCUT2D eigenvalue weighted by atomic mass is 16.7. The molecule has 1 saturated heterocycles. The van der Waals surface area contributed by atoms with Crippen LogP contribution in [0.4, 0.5) is 0 Å². The lowest BCUT2D eigenvalue weighted by Gasteiger charge is -2.51. The van der Waals surface area contributed by atoms with Gasteiger partial charge in [-0.3, -0.25) is 0 Å². The van der Waals surface area contributed by atoms with Gasteiger partial charge in [0.15, 0.2) is 5.79 Å². The van der Waals surface area contributed by atoms with Gasteiger partial charge in [-0.05, 0) is 31.9 Å². The average molecular weight is 296 g/mol. The molecule has 0 aromatic carbocycles. The maximum atomic E-state index is 11.3. The fourth-order valence-corrected chi connectivity index (χ4v) is 3.97. The van der Waals surface area contributed by atoms with Crippen LogP contribution in [-0.2, 0) is 9.47 Å². The van der Waals surface area contributed by atoms with E-state index in [2.05, 4.69) is 20.8 Å². The summed E-state index contributed by atoms with van der Waals surface area (Å²) in [5.41, 5.74) is 0.0106. The Labute approximate surface area is 129 Å². The van der Waals surface area contributed by atoms with Crippen LogP contribution < -0.4 is 0 Å². The van der Waals surface area contributed by atoms with Crippen molar-refractivity contribution in [2.75, 3.05) is 6.61 Å². The first-order valence-corrected chi connectivity index (χ1v) is 8.49. The number of hydrogen-bond donors (Lipinski definition) is 1. The van der Waals surface area contributed by atoms with E-state index in [1.165, 1.54) is 19.3 Å². The van der Waals surface area contributed by atoms with Gasteiger partial charge in [0.25, 0.3) is 0 Å². The minimum atomic E-state index is -0.745. The van der Waals surface area contributed by atoms with E-state index in [1.54, 1.807) is 0 Å². The topological polar surface area (TPSA) is 38.7 Å². The maximum absolute atomic E-state index is 11.3. The summed E-state index contributed by atoms with van der Waals surface area (Å²) in [5, 5.41) is 11.3. The van der Waals surface area contributed by atoms with Gasteiger partial charge in [-0.25, -0.2) is 0 Å². The van der Waals surface area contributed by atoms with Crippen LogP contribution in [0.2, 0.25) is 0 Å². The summed E-state index contributed by atoms with van der Waals surface area (Å²) in [7, 11) is 0. The van der Waals surface area contributed by atoms with Crippen LogP contribution in [0, 0.1) is 5.41 Å². The van der Waals surface area contributed by atoms with Crippen LogP contribution in [0.1, 0.15) is 73.1 Å². The first kappa shape index (κ1) is 17.0. The molecule has 3 unspecified atom stereocenters. The molecule has 3 atom stereocenters. The Morgan fingerprint density at radius 1 is 1.29 bits per heavy atom. The van der Waals surface area contributed by atoms with E-state index < -0.39 is 11.4 Å². The van der Waals surface area contributed by atoms with E-state index in [0.717, 1.165) is 18.4 Å². The third-order valence-electron chi connectivity index (χ3n) is 5.25. The largest absolute Gasteiger partial charge is 0.385 e. The fraction of sp³-hybridized carbons (Fsp3) is 0.889. The minimum absolute atomic E-state index is 0.126. The molecule has 2 aliphatic rings. The normalized spacial score (nSPS) is 38.8. The Morgan fingerprint density at radius 3 is 2.52 bits per heavy atom. The molecule has 0 amide bonds. The van der Waals surface area contributed by atoms with Crippen molar-refractivity contribution in [3.63, 3.8) is 0 Å². The molecular weight excluding hydrogens is 264 g/mol. The van der Waals surface area contributed by atoms with Crippen molar-refractivity contribution in [3.8, 4) is 0 Å². The molecule has 1 spiro atoms. The van der Waals surface area contributed by atoms with E-state index >= 15 is 0 Å². The monoisotopic (exact) mass is 296 g/mol. The Balaban J connectivity index is 2.16. The third-order valence-corrected chi connectivity index (χ3v) is 5.25. The zero-order valence-corrected chi connectivity index (χ0v) is 14.4. The fourth-order valence-electron chi connectivity index (χ4n) is 3.97. The van der Waals surface area contributed by atoms with E-state index in [1.807, 2.05) is 19.9 Å². The van der Waals surface area contributed by atoms with E-state index in [9.17, 15) is 5.11 Å². The summed E-state index contributed by atoms with van der Waals surface area (Å²) in [6, 6.07) is 0. The van der Waals surface area contributed by atoms with Gasteiger partial charge in [-0.1, -0.05) is 46.5 Å². The van der Waals surface area contributed by atoms with Gasteiger partial charge in [0.1, 0.15) is 0 Å². The molecule has 1 heterocycles. The molecule has 0 radical (unpaired) electrons. The predicted molar refractivity (Wildman–Crippen MR) is 85.1 cm³/mol. The van der Waals surface area contributed by atoms with Gasteiger partial charge in [0.2, 0.25) is 0 Å². The highest BCUT2D eigenvalue weighted by molar-refractivity contribution is 5.28. The molecule has 0 bridgehead atoms. The predicted octanol–water partition coefficient (Wildman–Crippen LogP) is 4.20. The molecule has 1 fully saturated rings. The van der Waals surface area contributed by atoms with Crippen molar-refractivity contribution in [3.05, 3.63) is 11.6 Å². The number of unbranched alkanes of at least 4 members (excludes halogenated alkanes) is 3. The first-order chi connectivity index (χ1) is 9.75. The molecule has 122 valence electrons. The van der Waals surface area contributed by atoms with Crippen molar-refractivity contribution < 1.29 is 14.6 Å². The van der Waals surface area contributed by atoms with Gasteiger partial charge < -0.3 is 14.6 Å². The lowest BCUT2D eigenvalue weighted by Crippen LogP contribution is -2.54. The molecule has 1 N–H and O–H groups in total. The first-order valence-electron chi connectivity index (χ1n) is 8.49. The minimum Gasteiger partial charge on any atom is -0.385 e. The molecule has 0 aromatic heterocycles. The summed E-state index contributed by atoms with van der Waals surface area (Å²) in [6.45, 7) is 11.2. The Morgan fingerprint density at radius 2 is 2.00 bits per heavy atom. The Bertz CT molecular complexity index is 401. The van der Waals surface area contributed by atoms with Crippen LogP contribution >= 0.6 is 0 Å². The Kier molecular flexibility index (Phi) is 4.87. The van der Waals surface area contributed by atoms with Crippen molar-refractivity contribution in [1.29, 1.82) is 0 Å². The number of rotatable bonds is 5. The quantitative estimate of drug-likeness (QED) is 0.610. The lowest BCUT2D eigenvalue weighted by atomic mass is 9.61. The molecule has 3 nitrogen and oxygen atoms in total. The summed E-state index contributed by atoms with van der Waals surface area (Å²) in [6.07, 6.45) is 8.43. The Hall–Kier alpha value is -0.380. The maximum Gasteiger partial charge on any atom is 0.189 e. The smallest absolute Gasteiger partial charge is 0.189 e. The van der Waals surface area contributed by atoms with E-state index in [4.69, 9.17) is 9.47 Å². The van der Waals surface area contributed by atoms with Crippen LogP contribution in [0.25, 0.3) is 0 Å². The molecule has 3 heteroatoms. The molecule has 1 aliphatic heterocycles. The molecular formula is C18H32O3. The van der Waals surface area contributed by atoms with Crippen LogP contribution in [0.3, 0.4) is 0 Å². The summed E-state index contributed by atoms with van der Waals surface area (Å²) in [5.74, 6) is -0.622. The summed E-state index contributed by atoms with van der Waals surface area (Å²) in [4.78, 5) is 0. The average Bonchev–Trinajstić information content (AvgIpc) is 2.72. The zero-order chi connectivity index (χ0) is 15.7. The lowest BCUT2D eigenvalue weighted by molar-refractivity contribution is -0.188. The third kappa shape index (κ3) is 3.20. The molecule has 0 saturated carbocycles. The van der Waals surface area contributed by atoms with E-state index in [0.29, 0.717) is 13.0 Å². The molecule has 1 aliphatic carbocycles. The van der Waals surface area contributed by atoms with Crippen LogP contribution in [-0.4, -0.2) is 29.2 Å². The number of hydrogen-bond acceptors (Lipinski definition) is 3. The van der Waals surface area contributed by atoms with E-state index in [-0.39, 0.29) is 11.5 Å². The van der Waals surface area contributed by atoms with Crippen LogP contribution in [0.5, 0.6) is 0 Å². The standard InChI is InChI=1S/C18H32O3/c1-6-7-8-9-10-18(19)14(2)11-17(13-16(18,4)5)20-12-15(3)21-17/h11,15,19H,6-10,12-13H2,1-5H3. The second-order valence-corrected chi connectivity index (χ2v) is 7.61. The molecule has 2 rings (SSSR count). The second kappa shape index (κ2) is 6.02. The number of aliphatic hydroxyl groups is 1. The molecule has 21 heavy (non-hydrogen) atoms. The second-order valence-electron chi connectivity index (χ2n) is 7.61. The van der Waals surface area contributed by atoms with Gasteiger partial charge >= 0.3 is 0 Å². The summed E-state index contributed by atoms with van der Waals surface area (Å²) < 4.78 is 11.9. The van der Waals surface area contributed by atoms with Crippen molar-refractivity contribution in [2.24, 2.45) is 5.41 Å². The summed E-state index contributed by atoms with van der Waals surface area (Å²) >= 11 is 0. The SMILES string of the molecule is CCCCCCC1(O)C(C)=CC2(CC1(C)C)OCC(C)O2. The van der Waals surface area contributed by atoms with Crippen LogP contribution in [0.15, 0.2) is 11.6 Å². The zero-order valence-electron chi connectivity index (χ0n) is 14.4. The van der Waals surface area contributed by atoms with Gasteiger partial charge in [-0.2, -0.15) is 0 Å². The molecule has 0 aromatic rings. The van der Waals surface area contributed by atoms with Crippen molar-refractivity contribution in [2.45, 2.75) is 90.6 Å².